The first-order valence-electron chi connectivity index (χ1n) is 10.2. The molecule has 1 aliphatic heterocycles. The van der Waals surface area contributed by atoms with Gasteiger partial charge >= 0.3 is 6.03 Å². The molecule has 0 aliphatic carbocycles. The van der Waals surface area contributed by atoms with E-state index in [-0.39, 0.29) is 24.3 Å². The van der Waals surface area contributed by atoms with Crippen LogP contribution in [-0.4, -0.2) is 69.5 Å². The Kier molecular flexibility index (Phi) is 6.75. The van der Waals surface area contributed by atoms with E-state index in [1.165, 1.54) is 23.6 Å². The lowest BCUT2D eigenvalue weighted by molar-refractivity contribution is 0.0954. The van der Waals surface area contributed by atoms with Crippen LogP contribution in [0.5, 0.6) is 0 Å². The second-order valence-corrected chi connectivity index (χ2v) is 9.21. The van der Waals surface area contributed by atoms with Gasteiger partial charge in [-0.3, -0.25) is 5.32 Å². The van der Waals surface area contributed by atoms with Gasteiger partial charge in [0.2, 0.25) is 0 Å². The Labute approximate surface area is 193 Å². The first-order valence-corrected chi connectivity index (χ1v) is 11.4. The van der Waals surface area contributed by atoms with E-state index in [9.17, 15) is 14.3 Å². The van der Waals surface area contributed by atoms with Crippen LogP contribution in [0.3, 0.4) is 0 Å². The molecule has 1 aromatic carbocycles. The lowest BCUT2D eigenvalue weighted by Gasteiger charge is -2.40. The maximum Gasteiger partial charge on any atom is 0.324 e. The molecule has 0 radical (unpaired) electrons. The Bertz CT molecular complexity index is 1130. The summed E-state index contributed by atoms with van der Waals surface area (Å²) in [6.07, 6.45) is 0.681. The third-order valence-corrected chi connectivity index (χ3v) is 6.48. The van der Waals surface area contributed by atoms with Crippen molar-refractivity contribution in [1.82, 2.24) is 14.9 Å². The molecule has 1 saturated heterocycles. The van der Waals surface area contributed by atoms with E-state index in [0.29, 0.717) is 35.4 Å². The number of fused-ring (bicyclic) bond motifs is 1. The molecule has 2 aromatic heterocycles. The SMILES string of the molecule is C[C@H]1CN(c2ncc(C[C@H](O)CO)cc2F)CCN1C(=O)Nc1nc2ccc(Cl)cc2s1. The summed E-state index contributed by atoms with van der Waals surface area (Å²) in [5, 5.41) is 22.4. The molecule has 32 heavy (non-hydrogen) atoms. The smallest absolute Gasteiger partial charge is 0.324 e. The summed E-state index contributed by atoms with van der Waals surface area (Å²) in [5.74, 6) is -0.284. The number of pyridine rings is 1. The number of hydrogen-bond acceptors (Lipinski definition) is 7. The quantitative estimate of drug-likeness (QED) is 0.519. The van der Waals surface area contributed by atoms with Crippen molar-refractivity contribution >= 4 is 50.1 Å². The maximum absolute atomic E-state index is 14.6. The summed E-state index contributed by atoms with van der Waals surface area (Å²) in [7, 11) is 0. The molecule has 2 atom stereocenters. The van der Waals surface area contributed by atoms with Gasteiger partial charge in [-0.1, -0.05) is 22.9 Å². The van der Waals surface area contributed by atoms with Gasteiger partial charge in [-0.15, -0.1) is 0 Å². The third kappa shape index (κ3) is 4.93. The zero-order valence-corrected chi connectivity index (χ0v) is 18.9. The Morgan fingerprint density at radius 2 is 2.22 bits per heavy atom. The zero-order chi connectivity index (χ0) is 22.8. The van der Waals surface area contributed by atoms with Crippen molar-refractivity contribution in [3.63, 3.8) is 0 Å². The minimum absolute atomic E-state index is 0.128. The fourth-order valence-electron chi connectivity index (χ4n) is 3.72. The fourth-order valence-corrected chi connectivity index (χ4v) is 4.85. The van der Waals surface area contributed by atoms with E-state index in [4.69, 9.17) is 16.7 Å². The molecule has 3 aromatic rings. The molecular formula is C21H23ClFN5O3S. The highest BCUT2D eigenvalue weighted by Gasteiger charge is 2.30. The molecule has 8 nitrogen and oxygen atoms in total. The summed E-state index contributed by atoms with van der Waals surface area (Å²) in [6, 6.07) is 6.26. The normalized spacial score (nSPS) is 17.6. The van der Waals surface area contributed by atoms with Gasteiger partial charge in [0.25, 0.3) is 0 Å². The second kappa shape index (κ2) is 9.53. The summed E-state index contributed by atoms with van der Waals surface area (Å²) in [5.41, 5.74) is 1.28. The number of aliphatic hydroxyl groups excluding tert-OH is 2. The minimum atomic E-state index is -0.948. The molecule has 1 fully saturated rings. The largest absolute Gasteiger partial charge is 0.394 e. The monoisotopic (exact) mass is 479 g/mol. The number of urea groups is 1. The Balaban J connectivity index is 1.39. The number of benzene rings is 1. The number of hydrogen-bond donors (Lipinski definition) is 3. The van der Waals surface area contributed by atoms with Crippen LogP contribution >= 0.6 is 22.9 Å². The van der Waals surface area contributed by atoms with Crippen LogP contribution in [0, 0.1) is 5.82 Å². The van der Waals surface area contributed by atoms with E-state index in [2.05, 4.69) is 15.3 Å². The first-order chi connectivity index (χ1) is 15.3. The highest BCUT2D eigenvalue weighted by Crippen LogP contribution is 2.29. The molecule has 4 rings (SSSR count). The van der Waals surface area contributed by atoms with Gasteiger partial charge in [0.05, 0.1) is 22.9 Å². The second-order valence-electron chi connectivity index (χ2n) is 7.74. The number of nitrogens with one attached hydrogen (secondary N) is 1. The first kappa shape index (κ1) is 22.7. The average molecular weight is 480 g/mol. The van der Waals surface area contributed by atoms with Crippen molar-refractivity contribution in [3.8, 4) is 0 Å². The highest BCUT2D eigenvalue weighted by atomic mass is 35.5. The fraction of sp³-hybridized carbons (Fsp3) is 0.381. The molecule has 0 saturated carbocycles. The lowest BCUT2D eigenvalue weighted by Crippen LogP contribution is -2.55. The van der Waals surface area contributed by atoms with Gasteiger partial charge in [-0.2, -0.15) is 0 Å². The number of carbonyl (C=O) groups is 1. The van der Waals surface area contributed by atoms with Crippen molar-refractivity contribution in [2.24, 2.45) is 0 Å². The highest BCUT2D eigenvalue weighted by molar-refractivity contribution is 7.22. The summed E-state index contributed by atoms with van der Waals surface area (Å²) in [6.45, 7) is 2.75. The van der Waals surface area contributed by atoms with Gasteiger partial charge in [-0.05, 0) is 36.8 Å². The zero-order valence-electron chi connectivity index (χ0n) is 17.3. The van der Waals surface area contributed by atoms with Gasteiger partial charge in [0.1, 0.15) is 0 Å². The third-order valence-electron chi connectivity index (χ3n) is 5.31. The molecule has 170 valence electrons. The van der Waals surface area contributed by atoms with Crippen LogP contribution in [-0.2, 0) is 6.42 Å². The number of nitrogens with zero attached hydrogens (tertiary/aromatic N) is 4. The number of amides is 2. The van der Waals surface area contributed by atoms with Crippen LogP contribution in [0.2, 0.25) is 5.02 Å². The molecular weight excluding hydrogens is 457 g/mol. The van der Waals surface area contributed by atoms with Crippen molar-refractivity contribution in [2.45, 2.75) is 25.5 Å². The molecule has 3 N–H and O–H groups in total. The van der Waals surface area contributed by atoms with Crippen LogP contribution in [0.25, 0.3) is 10.2 Å². The molecule has 0 unspecified atom stereocenters. The molecule has 2 amide bonds. The van der Waals surface area contributed by atoms with E-state index >= 15 is 0 Å². The van der Waals surface area contributed by atoms with Gasteiger partial charge in [-0.25, -0.2) is 19.2 Å². The standard InChI is InChI=1S/C21H23ClFN5O3S/c1-12-10-27(19-16(23)7-13(9-24-19)6-15(30)11-29)4-5-28(12)21(31)26-20-25-17-3-2-14(22)8-18(17)32-20/h2-3,7-9,12,15,29-30H,4-6,10-11H2,1H3,(H,25,26,31)/t12-,15-/m0/s1. The van der Waals surface area contributed by atoms with E-state index < -0.39 is 18.5 Å². The van der Waals surface area contributed by atoms with Crippen molar-refractivity contribution in [1.29, 1.82) is 0 Å². The number of halogens is 2. The number of aliphatic hydroxyl groups is 2. The minimum Gasteiger partial charge on any atom is -0.394 e. The van der Waals surface area contributed by atoms with E-state index in [1.807, 2.05) is 19.1 Å². The lowest BCUT2D eigenvalue weighted by atomic mass is 10.1. The average Bonchev–Trinajstić information content (AvgIpc) is 3.14. The predicted octanol–water partition coefficient (Wildman–Crippen LogP) is 3.12. The molecule has 0 bridgehead atoms. The van der Waals surface area contributed by atoms with Crippen molar-refractivity contribution in [2.75, 3.05) is 36.5 Å². The molecule has 11 heteroatoms. The van der Waals surface area contributed by atoms with E-state index in [1.54, 1.807) is 15.9 Å². The molecule has 1 aliphatic rings. The molecule has 0 spiro atoms. The number of anilines is 2. The Morgan fingerprint density at radius 3 is 2.94 bits per heavy atom. The van der Waals surface area contributed by atoms with E-state index in [0.717, 1.165) is 10.2 Å². The van der Waals surface area contributed by atoms with Gasteiger partial charge < -0.3 is 20.0 Å². The number of thiazole rings is 1. The van der Waals surface area contributed by atoms with Crippen LogP contribution < -0.4 is 10.2 Å². The van der Waals surface area contributed by atoms with Crippen LogP contribution in [0.15, 0.2) is 30.5 Å². The number of aromatic nitrogens is 2. The predicted molar refractivity (Wildman–Crippen MR) is 123 cm³/mol. The number of rotatable bonds is 5. The van der Waals surface area contributed by atoms with Gasteiger partial charge in [0.15, 0.2) is 16.8 Å². The Hall–Kier alpha value is -2.53. The van der Waals surface area contributed by atoms with Crippen LogP contribution in [0.4, 0.5) is 20.1 Å². The number of carbonyl (C=O) groups excluding carboxylic acids is 1. The summed E-state index contributed by atoms with van der Waals surface area (Å²) >= 11 is 7.37. The summed E-state index contributed by atoms with van der Waals surface area (Å²) in [4.78, 5) is 24.9. The topological polar surface area (TPSA) is 102 Å². The van der Waals surface area contributed by atoms with Crippen LogP contribution in [0.1, 0.15) is 12.5 Å². The van der Waals surface area contributed by atoms with Gasteiger partial charge in [0, 0.05) is 43.3 Å². The van der Waals surface area contributed by atoms with Crippen molar-refractivity contribution < 1.29 is 19.4 Å². The Morgan fingerprint density at radius 1 is 1.41 bits per heavy atom. The number of piperazine rings is 1. The maximum atomic E-state index is 14.6. The molecule has 3 heterocycles. The van der Waals surface area contributed by atoms with Crippen molar-refractivity contribution in [3.05, 3.63) is 46.9 Å². The summed E-state index contributed by atoms with van der Waals surface area (Å²) < 4.78 is 15.5.